The highest BCUT2D eigenvalue weighted by molar-refractivity contribution is 7.99. The molecule has 2 heterocycles. The van der Waals surface area contributed by atoms with E-state index in [1.54, 1.807) is 6.20 Å². The minimum Gasteiger partial charge on any atom is -0.339 e. The van der Waals surface area contributed by atoms with Crippen LogP contribution in [0.4, 0.5) is 5.69 Å². The molecule has 4 nitrogen and oxygen atoms in total. The summed E-state index contributed by atoms with van der Waals surface area (Å²) >= 11 is 1.92. The summed E-state index contributed by atoms with van der Waals surface area (Å²) in [4.78, 5) is 20.5. The van der Waals surface area contributed by atoms with Crippen LogP contribution < -0.4 is 5.32 Å². The van der Waals surface area contributed by atoms with Crippen LogP contribution in [0.3, 0.4) is 0 Å². The van der Waals surface area contributed by atoms with E-state index in [1.165, 1.54) is 0 Å². The van der Waals surface area contributed by atoms with E-state index >= 15 is 0 Å². The highest BCUT2D eigenvalue weighted by Crippen LogP contribution is 2.32. The van der Waals surface area contributed by atoms with Gasteiger partial charge in [0.2, 0.25) is 5.91 Å². The molecule has 2 aromatic heterocycles. The Kier molecular flexibility index (Phi) is 4.98. The molecule has 4 rings (SSSR count). The Balaban J connectivity index is 1.55. The number of hydrogen-bond donors (Lipinski definition) is 2. The molecule has 0 radical (unpaired) electrons. The molecule has 1 saturated carbocycles. The zero-order valence-corrected chi connectivity index (χ0v) is 15.7. The Labute approximate surface area is 157 Å². The van der Waals surface area contributed by atoms with E-state index in [4.69, 9.17) is 0 Å². The summed E-state index contributed by atoms with van der Waals surface area (Å²) in [6, 6.07) is 14.1. The fourth-order valence-electron chi connectivity index (χ4n) is 3.70. The van der Waals surface area contributed by atoms with Crippen LogP contribution in [0, 0.1) is 5.92 Å². The lowest BCUT2D eigenvalue weighted by Gasteiger charge is -2.26. The number of fused-ring (bicyclic) bond motifs is 1. The quantitative estimate of drug-likeness (QED) is 0.677. The summed E-state index contributed by atoms with van der Waals surface area (Å²) in [6.45, 7) is 0. The van der Waals surface area contributed by atoms with Crippen LogP contribution in [0.15, 0.2) is 48.7 Å². The zero-order chi connectivity index (χ0) is 17.9. The van der Waals surface area contributed by atoms with Gasteiger partial charge in [0.15, 0.2) is 0 Å². The summed E-state index contributed by atoms with van der Waals surface area (Å²) in [7, 11) is 0. The Morgan fingerprint density at radius 2 is 1.92 bits per heavy atom. The van der Waals surface area contributed by atoms with Crippen molar-refractivity contribution in [1.82, 2.24) is 9.97 Å². The van der Waals surface area contributed by atoms with E-state index in [2.05, 4.69) is 39.7 Å². The fraction of sp³-hybridized carbons (Fsp3) is 0.333. The minimum absolute atomic E-state index is 0.120. The summed E-state index contributed by atoms with van der Waals surface area (Å²) in [6.07, 6.45) is 8.13. The number of aromatic amines is 1. The van der Waals surface area contributed by atoms with Crippen molar-refractivity contribution in [2.24, 2.45) is 5.92 Å². The second kappa shape index (κ2) is 7.54. The van der Waals surface area contributed by atoms with E-state index in [-0.39, 0.29) is 11.8 Å². The van der Waals surface area contributed by atoms with Gasteiger partial charge in [-0.25, -0.2) is 4.98 Å². The second-order valence-electron chi connectivity index (χ2n) is 6.87. The number of anilines is 1. The number of pyridine rings is 1. The molecule has 1 aliphatic carbocycles. The topological polar surface area (TPSA) is 57.8 Å². The lowest BCUT2D eigenvalue weighted by Crippen LogP contribution is -2.27. The first-order valence-electron chi connectivity index (χ1n) is 9.11. The molecule has 1 amide bonds. The molecule has 0 saturated heterocycles. The first kappa shape index (κ1) is 17.2. The number of benzene rings is 1. The third kappa shape index (κ3) is 3.49. The Hall–Kier alpha value is -2.27. The molecule has 5 heteroatoms. The Morgan fingerprint density at radius 1 is 1.15 bits per heavy atom. The van der Waals surface area contributed by atoms with E-state index in [0.717, 1.165) is 53.7 Å². The molecular weight excluding hydrogens is 342 g/mol. The number of hydrogen-bond acceptors (Lipinski definition) is 3. The summed E-state index contributed by atoms with van der Waals surface area (Å²) < 4.78 is 0. The molecule has 1 aromatic carbocycles. The SMILES string of the molecule is CSC1CCC(C(=O)Nc2ccnc3[nH]c(-c4ccccc4)cc23)CC1. The summed E-state index contributed by atoms with van der Waals surface area (Å²) in [5.41, 5.74) is 3.76. The summed E-state index contributed by atoms with van der Waals surface area (Å²) in [5.74, 6) is 0.258. The van der Waals surface area contributed by atoms with Crippen molar-refractivity contribution < 1.29 is 4.79 Å². The number of carbonyl (C=O) groups is 1. The largest absolute Gasteiger partial charge is 0.339 e. The van der Waals surface area contributed by atoms with Crippen LogP contribution in [-0.2, 0) is 4.79 Å². The van der Waals surface area contributed by atoms with Gasteiger partial charge in [-0.2, -0.15) is 11.8 Å². The first-order chi connectivity index (χ1) is 12.7. The predicted octanol–water partition coefficient (Wildman–Crippen LogP) is 5.09. The maximum absolute atomic E-state index is 12.7. The van der Waals surface area contributed by atoms with Crippen molar-refractivity contribution in [2.75, 3.05) is 11.6 Å². The van der Waals surface area contributed by atoms with E-state index in [1.807, 2.05) is 36.0 Å². The average molecular weight is 366 g/mol. The highest BCUT2D eigenvalue weighted by atomic mass is 32.2. The van der Waals surface area contributed by atoms with Crippen molar-refractivity contribution in [2.45, 2.75) is 30.9 Å². The second-order valence-corrected chi connectivity index (χ2v) is 8.01. The van der Waals surface area contributed by atoms with Gasteiger partial charge in [-0.15, -0.1) is 0 Å². The monoisotopic (exact) mass is 365 g/mol. The summed E-state index contributed by atoms with van der Waals surface area (Å²) in [5, 5.41) is 4.82. The van der Waals surface area contributed by atoms with Crippen LogP contribution in [0.25, 0.3) is 22.3 Å². The highest BCUT2D eigenvalue weighted by Gasteiger charge is 2.26. The van der Waals surface area contributed by atoms with Crippen LogP contribution in [0.2, 0.25) is 0 Å². The molecule has 0 aliphatic heterocycles. The van der Waals surface area contributed by atoms with Gasteiger partial charge in [-0.1, -0.05) is 30.3 Å². The van der Waals surface area contributed by atoms with Crippen LogP contribution >= 0.6 is 11.8 Å². The third-order valence-electron chi connectivity index (χ3n) is 5.25. The molecule has 134 valence electrons. The van der Waals surface area contributed by atoms with Crippen molar-refractivity contribution in [3.63, 3.8) is 0 Å². The van der Waals surface area contributed by atoms with Gasteiger partial charge in [0, 0.05) is 28.4 Å². The van der Waals surface area contributed by atoms with Crippen LogP contribution in [0.1, 0.15) is 25.7 Å². The number of aromatic nitrogens is 2. The van der Waals surface area contributed by atoms with Gasteiger partial charge in [0.05, 0.1) is 5.69 Å². The average Bonchev–Trinajstić information content (AvgIpc) is 3.14. The molecule has 26 heavy (non-hydrogen) atoms. The lowest BCUT2D eigenvalue weighted by atomic mass is 9.88. The standard InChI is InChI=1S/C21H23N3OS/c1-26-16-9-7-15(8-10-16)21(25)24-18-11-12-22-20-17(18)13-19(23-20)14-5-3-2-4-6-14/h2-6,11-13,15-16H,7-10H2,1H3,(H2,22,23,24,25). The molecule has 2 N–H and O–H groups in total. The number of thioether (sulfide) groups is 1. The van der Waals surface area contributed by atoms with Gasteiger partial charge in [-0.3, -0.25) is 4.79 Å². The predicted molar refractivity (Wildman–Crippen MR) is 109 cm³/mol. The molecule has 1 fully saturated rings. The maximum atomic E-state index is 12.7. The Bertz CT molecular complexity index is 898. The number of amides is 1. The van der Waals surface area contributed by atoms with Crippen molar-refractivity contribution in [1.29, 1.82) is 0 Å². The van der Waals surface area contributed by atoms with Crippen molar-refractivity contribution in [3.8, 4) is 11.3 Å². The number of H-pyrrole nitrogens is 1. The van der Waals surface area contributed by atoms with Crippen molar-refractivity contribution in [3.05, 3.63) is 48.7 Å². The Morgan fingerprint density at radius 3 is 2.65 bits per heavy atom. The molecule has 3 aromatic rings. The first-order valence-corrected chi connectivity index (χ1v) is 10.4. The third-order valence-corrected chi connectivity index (χ3v) is 6.39. The van der Waals surface area contributed by atoms with Crippen LogP contribution in [0.5, 0.6) is 0 Å². The molecular formula is C21H23N3OS. The molecule has 0 atom stereocenters. The number of nitrogens with one attached hydrogen (secondary N) is 2. The van der Waals surface area contributed by atoms with Gasteiger partial charge in [0.25, 0.3) is 0 Å². The van der Waals surface area contributed by atoms with E-state index in [0.29, 0.717) is 5.25 Å². The molecule has 0 unspecified atom stereocenters. The van der Waals surface area contributed by atoms with Gasteiger partial charge in [-0.05, 0) is 49.6 Å². The lowest BCUT2D eigenvalue weighted by molar-refractivity contribution is -0.120. The number of nitrogens with zero attached hydrogens (tertiary/aromatic N) is 1. The van der Waals surface area contributed by atoms with E-state index < -0.39 is 0 Å². The molecule has 1 aliphatic rings. The maximum Gasteiger partial charge on any atom is 0.227 e. The normalized spacial score (nSPS) is 20.2. The fourth-order valence-corrected chi connectivity index (χ4v) is 4.45. The smallest absolute Gasteiger partial charge is 0.227 e. The molecule has 0 spiro atoms. The number of rotatable bonds is 4. The number of carbonyl (C=O) groups excluding carboxylic acids is 1. The minimum atomic E-state index is 0.120. The molecule has 0 bridgehead atoms. The van der Waals surface area contributed by atoms with Gasteiger partial charge >= 0.3 is 0 Å². The van der Waals surface area contributed by atoms with Crippen LogP contribution in [-0.4, -0.2) is 27.4 Å². The van der Waals surface area contributed by atoms with Gasteiger partial charge in [0.1, 0.15) is 5.65 Å². The van der Waals surface area contributed by atoms with E-state index in [9.17, 15) is 4.79 Å². The van der Waals surface area contributed by atoms with Crippen molar-refractivity contribution >= 4 is 34.4 Å². The van der Waals surface area contributed by atoms with Gasteiger partial charge < -0.3 is 10.3 Å². The zero-order valence-electron chi connectivity index (χ0n) is 14.9.